The Bertz CT molecular complexity index is 950. The van der Waals surface area contributed by atoms with Gasteiger partial charge in [-0.2, -0.15) is 0 Å². The molecule has 0 saturated carbocycles. The van der Waals surface area contributed by atoms with Crippen molar-refractivity contribution in [3.05, 3.63) is 71.6 Å². The van der Waals surface area contributed by atoms with Crippen molar-refractivity contribution in [2.45, 2.75) is 6.42 Å². The lowest BCUT2D eigenvalue weighted by Crippen LogP contribution is -2.07. The number of benzene rings is 2. The van der Waals surface area contributed by atoms with E-state index in [0.29, 0.717) is 23.8 Å². The molecule has 0 radical (unpaired) electrons. The molecule has 0 fully saturated rings. The minimum atomic E-state index is -0.363. The second-order valence-corrected chi connectivity index (χ2v) is 5.60. The molecule has 1 amide bonds. The number of nitrogens with one attached hydrogen (secondary N) is 1. The zero-order valence-corrected chi connectivity index (χ0v) is 13.7. The van der Waals surface area contributed by atoms with Crippen molar-refractivity contribution >= 4 is 18.0 Å². The highest BCUT2D eigenvalue weighted by atomic mass is 16.7. The normalized spacial score (nSPS) is 12.5. The Morgan fingerprint density at radius 1 is 1.08 bits per heavy atom. The van der Waals surface area contributed by atoms with Crippen molar-refractivity contribution in [1.82, 2.24) is 10.2 Å². The van der Waals surface area contributed by atoms with Crippen molar-refractivity contribution in [1.29, 1.82) is 0 Å². The van der Waals surface area contributed by atoms with Crippen molar-refractivity contribution in [3.8, 4) is 11.5 Å². The van der Waals surface area contributed by atoms with E-state index in [1.165, 1.54) is 6.08 Å². The van der Waals surface area contributed by atoms with Crippen LogP contribution in [0, 0.1) is 0 Å². The molecule has 0 spiro atoms. The number of hydrogen-bond acceptors (Lipinski definition) is 6. The maximum atomic E-state index is 12.0. The van der Waals surface area contributed by atoms with E-state index in [1.54, 1.807) is 18.2 Å². The van der Waals surface area contributed by atoms with Gasteiger partial charge in [0.05, 0.1) is 6.42 Å². The fraction of sp³-hybridized carbons (Fsp3) is 0.105. The van der Waals surface area contributed by atoms with Gasteiger partial charge in [0.15, 0.2) is 11.5 Å². The van der Waals surface area contributed by atoms with Crippen LogP contribution >= 0.6 is 0 Å². The maximum absolute atomic E-state index is 12.0. The largest absolute Gasteiger partial charge is 0.454 e. The Morgan fingerprint density at radius 2 is 1.92 bits per heavy atom. The number of amides is 1. The first-order valence-corrected chi connectivity index (χ1v) is 8.01. The summed E-state index contributed by atoms with van der Waals surface area (Å²) in [6.07, 6.45) is 3.56. The standard InChI is InChI=1S/C19H15N3O4/c23-17(9-7-14-6-8-15-16(10-14)25-12-24-15)20-19-22-21-18(26-19)11-13-4-2-1-3-5-13/h1-10H,11-12H2,(H,20,22,23). The average Bonchev–Trinajstić information content (AvgIpc) is 3.29. The number of ether oxygens (including phenoxy) is 2. The van der Waals surface area contributed by atoms with Gasteiger partial charge in [0.25, 0.3) is 5.91 Å². The van der Waals surface area contributed by atoms with Crippen LogP contribution in [-0.4, -0.2) is 22.9 Å². The second-order valence-electron chi connectivity index (χ2n) is 5.60. The zero-order chi connectivity index (χ0) is 17.8. The highest BCUT2D eigenvalue weighted by molar-refractivity contribution is 6.00. The SMILES string of the molecule is O=C(C=Cc1ccc2c(c1)OCO2)Nc1nnc(Cc2ccccc2)o1. The third kappa shape index (κ3) is 3.72. The first-order valence-electron chi connectivity index (χ1n) is 8.01. The summed E-state index contributed by atoms with van der Waals surface area (Å²) in [6.45, 7) is 0.214. The van der Waals surface area contributed by atoms with Gasteiger partial charge in [-0.25, -0.2) is 0 Å². The lowest BCUT2D eigenvalue weighted by Gasteiger charge is -1.98. The number of hydrogen-bond donors (Lipinski definition) is 1. The van der Waals surface area contributed by atoms with Gasteiger partial charge in [-0.1, -0.05) is 41.5 Å². The number of carbonyl (C=O) groups is 1. The van der Waals surface area contributed by atoms with Crippen LogP contribution in [0.25, 0.3) is 6.08 Å². The van der Waals surface area contributed by atoms with Gasteiger partial charge in [-0.3, -0.25) is 10.1 Å². The quantitative estimate of drug-likeness (QED) is 0.713. The third-order valence-corrected chi connectivity index (χ3v) is 3.72. The Balaban J connectivity index is 1.36. The molecule has 0 aliphatic carbocycles. The molecule has 3 aromatic rings. The summed E-state index contributed by atoms with van der Waals surface area (Å²) < 4.78 is 16.0. The number of carbonyl (C=O) groups excluding carboxylic acids is 1. The molecule has 1 aliphatic heterocycles. The number of aromatic nitrogens is 2. The van der Waals surface area contributed by atoms with Gasteiger partial charge < -0.3 is 13.9 Å². The molecule has 2 aromatic carbocycles. The Kier molecular flexibility index (Phi) is 4.34. The van der Waals surface area contributed by atoms with Crippen molar-refractivity contribution < 1.29 is 18.7 Å². The molecule has 7 heteroatoms. The smallest absolute Gasteiger partial charge is 0.322 e. The summed E-state index contributed by atoms with van der Waals surface area (Å²) in [5, 5.41) is 10.3. The van der Waals surface area contributed by atoms with Gasteiger partial charge in [0.1, 0.15) is 0 Å². The molecule has 7 nitrogen and oxygen atoms in total. The molecule has 1 aromatic heterocycles. The fourth-order valence-corrected chi connectivity index (χ4v) is 2.48. The van der Waals surface area contributed by atoms with Crippen LogP contribution in [0.15, 0.2) is 59.0 Å². The highest BCUT2D eigenvalue weighted by Crippen LogP contribution is 2.32. The number of fused-ring (bicyclic) bond motifs is 1. The monoisotopic (exact) mass is 349 g/mol. The summed E-state index contributed by atoms with van der Waals surface area (Å²) in [6, 6.07) is 15.3. The first-order chi connectivity index (χ1) is 12.8. The molecule has 2 heterocycles. The molecular weight excluding hydrogens is 334 g/mol. The molecule has 0 atom stereocenters. The molecule has 0 saturated heterocycles. The average molecular weight is 349 g/mol. The summed E-state index contributed by atoms with van der Waals surface area (Å²) in [5.74, 6) is 1.43. The minimum absolute atomic E-state index is 0.0660. The molecular formula is C19H15N3O4. The first kappa shape index (κ1) is 15.9. The van der Waals surface area contributed by atoms with Crippen molar-refractivity contribution in [2.24, 2.45) is 0 Å². The van der Waals surface area contributed by atoms with Crippen LogP contribution in [0.2, 0.25) is 0 Å². The van der Waals surface area contributed by atoms with E-state index in [2.05, 4.69) is 15.5 Å². The van der Waals surface area contributed by atoms with E-state index in [9.17, 15) is 4.79 Å². The summed E-state index contributed by atoms with van der Waals surface area (Å²) >= 11 is 0. The van der Waals surface area contributed by atoms with Crippen molar-refractivity contribution in [2.75, 3.05) is 12.1 Å². The van der Waals surface area contributed by atoms with Gasteiger partial charge >= 0.3 is 6.01 Å². The predicted octanol–water partition coefficient (Wildman–Crippen LogP) is 3.04. The second kappa shape index (κ2) is 7.10. The summed E-state index contributed by atoms with van der Waals surface area (Å²) in [4.78, 5) is 12.0. The van der Waals surface area contributed by atoms with Crippen LogP contribution < -0.4 is 14.8 Å². The molecule has 4 rings (SSSR count). The lowest BCUT2D eigenvalue weighted by molar-refractivity contribution is -0.112. The fourth-order valence-electron chi connectivity index (χ4n) is 2.48. The van der Waals surface area contributed by atoms with Crippen LogP contribution in [-0.2, 0) is 11.2 Å². The minimum Gasteiger partial charge on any atom is -0.454 e. The van der Waals surface area contributed by atoms with Gasteiger partial charge in [-0.15, -0.1) is 5.10 Å². The van der Waals surface area contributed by atoms with Gasteiger partial charge in [0, 0.05) is 6.08 Å². The predicted molar refractivity (Wildman–Crippen MR) is 93.8 cm³/mol. The van der Waals surface area contributed by atoms with Crippen LogP contribution in [0.1, 0.15) is 17.0 Å². The topological polar surface area (TPSA) is 86.5 Å². The van der Waals surface area contributed by atoms with E-state index in [0.717, 1.165) is 11.1 Å². The molecule has 0 bridgehead atoms. The Labute approximate surface area is 149 Å². The van der Waals surface area contributed by atoms with Gasteiger partial charge in [-0.05, 0) is 29.3 Å². The van der Waals surface area contributed by atoms with Crippen LogP contribution in [0.4, 0.5) is 6.01 Å². The number of anilines is 1. The van der Waals surface area contributed by atoms with E-state index in [-0.39, 0.29) is 18.7 Å². The molecule has 0 unspecified atom stereocenters. The third-order valence-electron chi connectivity index (χ3n) is 3.72. The summed E-state index contributed by atoms with van der Waals surface area (Å²) in [5.41, 5.74) is 1.87. The Hall–Kier alpha value is -3.61. The van der Waals surface area contributed by atoms with Gasteiger partial charge in [0.2, 0.25) is 12.7 Å². The lowest BCUT2D eigenvalue weighted by atomic mass is 10.2. The maximum Gasteiger partial charge on any atom is 0.322 e. The summed E-state index contributed by atoms with van der Waals surface area (Å²) in [7, 11) is 0. The van der Waals surface area contributed by atoms with E-state index >= 15 is 0 Å². The van der Waals surface area contributed by atoms with E-state index in [4.69, 9.17) is 13.9 Å². The molecule has 1 aliphatic rings. The van der Waals surface area contributed by atoms with Crippen molar-refractivity contribution in [3.63, 3.8) is 0 Å². The molecule has 1 N–H and O–H groups in total. The number of nitrogens with zero attached hydrogens (tertiary/aromatic N) is 2. The van der Waals surface area contributed by atoms with E-state index < -0.39 is 0 Å². The van der Waals surface area contributed by atoms with Crippen LogP contribution in [0.3, 0.4) is 0 Å². The molecule has 130 valence electrons. The number of rotatable bonds is 5. The van der Waals surface area contributed by atoms with Crippen LogP contribution in [0.5, 0.6) is 11.5 Å². The Morgan fingerprint density at radius 3 is 2.81 bits per heavy atom. The van der Waals surface area contributed by atoms with E-state index in [1.807, 2.05) is 36.4 Å². The molecule has 26 heavy (non-hydrogen) atoms. The highest BCUT2D eigenvalue weighted by Gasteiger charge is 2.12. The zero-order valence-electron chi connectivity index (χ0n) is 13.7.